The van der Waals surface area contributed by atoms with Crippen LogP contribution in [0.25, 0.3) is 0 Å². The number of nitrogens with zero attached hydrogens (tertiary/aromatic N) is 2. The molecule has 1 aliphatic heterocycles. The second-order valence-electron chi connectivity index (χ2n) is 3.75. The summed E-state index contributed by atoms with van der Waals surface area (Å²) in [7, 11) is 3.09. The molecule has 1 aromatic heterocycles. The third kappa shape index (κ3) is 1.82. The second-order valence-corrected chi connectivity index (χ2v) is 3.75. The van der Waals surface area contributed by atoms with E-state index in [1.54, 1.807) is 19.3 Å². The fraction of sp³-hybridized carbons (Fsp3) is 0.364. The molecule has 90 valence electrons. The van der Waals surface area contributed by atoms with Gasteiger partial charge in [0.25, 0.3) is 0 Å². The number of urea groups is 1. The zero-order valence-electron chi connectivity index (χ0n) is 9.73. The molecular formula is C11H14N4O2. The SMILES string of the molecule is CNC(=O)[C@H]1Cc2cccnc2N1C(=O)NC. The number of carbonyl (C=O) groups is 2. The van der Waals surface area contributed by atoms with Gasteiger partial charge in [-0.3, -0.25) is 9.69 Å². The first kappa shape index (κ1) is 11.4. The lowest BCUT2D eigenvalue weighted by Crippen LogP contribution is -2.50. The first-order chi connectivity index (χ1) is 8.19. The third-order valence-corrected chi connectivity index (χ3v) is 2.80. The summed E-state index contributed by atoms with van der Waals surface area (Å²) in [4.78, 5) is 29.1. The van der Waals surface area contributed by atoms with Gasteiger partial charge in [0.15, 0.2) is 0 Å². The van der Waals surface area contributed by atoms with Gasteiger partial charge in [-0.15, -0.1) is 0 Å². The molecule has 0 aliphatic carbocycles. The van der Waals surface area contributed by atoms with Crippen LogP contribution in [0.15, 0.2) is 18.3 Å². The van der Waals surface area contributed by atoms with Gasteiger partial charge in [0.05, 0.1) is 0 Å². The van der Waals surface area contributed by atoms with E-state index >= 15 is 0 Å². The van der Waals surface area contributed by atoms with Gasteiger partial charge in [-0.05, 0) is 11.6 Å². The van der Waals surface area contributed by atoms with Crippen molar-refractivity contribution in [3.63, 3.8) is 0 Å². The van der Waals surface area contributed by atoms with E-state index in [1.807, 2.05) is 6.07 Å². The van der Waals surface area contributed by atoms with Gasteiger partial charge in [0.2, 0.25) is 5.91 Å². The molecule has 2 heterocycles. The van der Waals surface area contributed by atoms with Gasteiger partial charge in [0, 0.05) is 26.7 Å². The number of nitrogens with one attached hydrogen (secondary N) is 2. The van der Waals surface area contributed by atoms with E-state index in [2.05, 4.69) is 15.6 Å². The van der Waals surface area contributed by atoms with E-state index in [9.17, 15) is 9.59 Å². The fourth-order valence-electron chi connectivity index (χ4n) is 1.99. The molecule has 1 aromatic rings. The van der Waals surface area contributed by atoms with Gasteiger partial charge < -0.3 is 10.6 Å². The number of fused-ring (bicyclic) bond motifs is 1. The molecule has 2 N–H and O–H groups in total. The van der Waals surface area contributed by atoms with Gasteiger partial charge in [-0.2, -0.15) is 0 Å². The zero-order chi connectivity index (χ0) is 12.4. The largest absolute Gasteiger partial charge is 0.357 e. The summed E-state index contributed by atoms with van der Waals surface area (Å²) in [5.41, 5.74) is 0.907. The Bertz CT molecular complexity index is 461. The normalized spacial score (nSPS) is 17.5. The quantitative estimate of drug-likeness (QED) is 0.712. The monoisotopic (exact) mass is 234 g/mol. The lowest BCUT2D eigenvalue weighted by Gasteiger charge is -2.22. The van der Waals surface area contributed by atoms with E-state index in [0.717, 1.165) is 5.56 Å². The molecule has 2 rings (SSSR count). The Morgan fingerprint density at radius 1 is 1.41 bits per heavy atom. The Morgan fingerprint density at radius 2 is 2.18 bits per heavy atom. The summed E-state index contributed by atoms with van der Waals surface area (Å²) < 4.78 is 0. The molecule has 0 spiro atoms. The van der Waals surface area contributed by atoms with Crippen molar-refractivity contribution in [3.05, 3.63) is 23.9 Å². The number of likely N-dealkylation sites (N-methyl/N-ethyl adjacent to an activating group) is 1. The number of carbonyl (C=O) groups excluding carboxylic acids is 2. The molecule has 6 nitrogen and oxygen atoms in total. The highest BCUT2D eigenvalue weighted by Crippen LogP contribution is 2.29. The molecular weight excluding hydrogens is 220 g/mol. The summed E-state index contributed by atoms with van der Waals surface area (Å²) in [6, 6.07) is 2.83. The Hall–Kier alpha value is -2.11. The summed E-state index contributed by atoms with van der Waals surface area (Å²) in [6.07, 6.45) is 2.11. The number of anilines is 1. The first-order valence-corrected chi connectivity index (χ1v) is 5.35. The minimum absolute atomic E-state index is 0.188. The number of amides is 3. The number of hydrogen-bond acceptors (Lipinski definition) is 3. The van der Waals surface area contributed by atoms with E-state index in [0.29, 0.717) is 12.2 Å². The van der Waals surface area contributed by atoms with Crippen molar-refractivity contribution in [1.29, 1.82) is 0 Å². The predicted molar refractivity (Wildman–Crippen MR) is 62.7 cm³/mol. The summed E-state index contributed by atoms with van der Waals surface area (Å²) in [6.45, 7) is 0. The molecule has 1 aliphatic rings. The molecule has 0 saturated carbocycles. The third-order valence-electron chi connectivity index (χ3n) is 2.80. The van der Waals surface area contributed by atoms with Crippen molar-refractivity contribution < 1.29 is 9.59 Å². The van der Waals surface area contributed by atoms with Crippen molar-refractivity contribution in [2.24, 2.45) is 0 Å². The highest BCUT2D eigenvalue weighted by atomic mass is 16.2. The standard InChI is InChI=1S/C11H14N4O2/c1-12-10(16)8-6-7-4-3-5-14-9(7)15(8)11(17)13-2/h3-5,8H,6H2,1-2H3,(H,12,16)(H,13,17)/t8-/m1/s1. The lowest BCUT2D eigenvalue weighted by atomic mass is 10.1. The van der Waals surface area contributed by atoms with Crippen molar-refractivity contribution in [2.45, 2.75) is 12.5 Å². The first-order valence-electron chi connectivity index (χ1n) is 5.35. The molecule has 0 saturated heterocycles. The van der Waals surface area contributed by atoms with Gasteiger partial charge in [0.1, 0.15) is 11.9 Å². The van der Waals surface area contributed by atoms with Crippen LogP contribution in [0.4, 0.5) is 10.6 Å². The van der Waals surface area contributed by atoms with E-state index in [-0.39, 0.29) is 11.9 Å². The van der Waals surface area contributed by atoms with E-state index in [1.165, 1.54) is 11.9 Å². The van der Waals surface area contributed by atoms with Crippen molar-refractivity contribution in [1.82, 2.24) is 15.6 Å². The van der Waals surface area contributed by atoms with E-state index in [4.69, 9.17) is 0 Å². The minimum atomic E-state index is -0.523. The van der Waals surface area contributed by atoms with Crippen LogP contribution >= 0.6 is 0 Å². The van der Waals surface area contributed by atoms with Crippen molar-refractivity contribution in [2.75, 3.05) is 19.0 Å². The van der Waals surface area contributed by atoms with Crippen molar-refractivity contribution >= 4 is 17.8 Å². The number of pyridine rings is 1. The van der Waals surface area contributed by atoms with Crippen LogP contribution in [-0.4, -0.2) is 37.1 Å². The highest BCUT2D eigenvalue weighted by Gasteiger charge is 2.38. The van der Waals surface area contributed by atoms with Crippen LogP contribution in [0, 0.1) is 0 Å². The van der Waals surface area contributed by atoms with Crippen LogP contribution in [-0.2, 0) is 11.2 Å². The average molecular weight is 234 g/mol. The summed E-state index contributed by atoms with van der Waals surface area (Å²) in [5.74, 6) is 0.368. The van der Waals surface area contributed by atoms with Crippen LogP contribution in [0.5, 0.6) is 0 Å². The predicted octanol–water partition coefficient (Wildman–Crippen LogP) is -0.102. The maximum absolute atomic E-state index is 11.8. The maximum atomic E-state index is 11.8. The summed E-state index contributed by atoms with van der Waals surface area (Å²) >= 11 is 0. The lowest BCUT2D eigenvalue weighted by molar-refractivity contribution is -0.121. The average Bonchev–Trinajstić information content (AvgIpc) is 2.76. The van der Waals surface area contributed by atoms with Gasteiger partial charge in [-0.1, -0.05) is 6.07 Å². The summed E-state index contributed by atoms with van der Waals surface area (Å²) in [5, 5.41) is 5.09. The molecule has 3 amide bonds. The molecule has 1 atom stereocenters. The molecule has 0 unspecified atom stereocenters. The molecule has 17 heavy (non-hydrogen) atoms. The number of hydrogen-bond donors (Lipinski definition) is 2. The number of rotatable bonds is 1. The topological polar surface area (TPSA) is 74.3 Å². The van der Waals surface area contributed by atoms with Crippen LogP contribution < -0.4 is 15.5 Å². The molecule has 0 bridgehead atoms. The zero-order valence-corrected chi connectivity index (χ0v) is 9.73. The Balaban J connectivity index is 2.40. The van der Waals surface area contributed by atoms with Gasteiger partial charge >= 0.3 is 6.03 Å². The van der Waals surface area contributed by atoms with Gasteiger partial charge in [-0.25, -0.2) is 9.78 Å². The van der Waals surface area contributed by atoms with Crippen molar-refractivity contribution in [3.8, 4) is 0 Å². The Morgan fingerprint density at radius 3 is 2.82 bits per heavy atom. The fourth-order valence-corrected chi connectivity index (χ4v) is 1.99. The van der Waals surface area contributed by atoms with Crippen LogP contribution in [0.1, 0.15) is 5.56 Å². The molecule has 0 aromatic carbocycles. The maximum Gasteiger partial charge on any atom is 0.323 e. The van der Waals surface area contributed by atoms with Crippen LogP contribution in [0.3, 0.4) is 0 Å². The number of aromatic nitrogens is 1. The minimum Gasteiger partial charge on any atom is -0.357 e. The molecule has 6 heteroatoms. The Labute approximate surface area is 99.0 Å². The smallest absolute Gasteiger partial charge is 0.323 e. The molecule has 0 radical (unpaired) electrons. The highest BCUT2D eigenvalue weighted by molar-refractivity contribution is 6.01. The molecule has 0 fully saturated rings. The van der Waals surface area contributed by atoms with E-state index < -0.39 is 6.04 Å². The van der Waals surface area contributed by atoms with Crippen LogP contribution in [0.2, 0.25) is 0 Å². The Kier molecular flexibility index (Phi) is 2.95. The second kappa shape index (κ2) is 4.40.